The monoisotopic (exact) mass is 559 g/mol. The molecule has 0 bridgehead atoms. The predicted octanol–water partition coefficient (Wildman–Crippen LogP) is 2.39. The van der Waals surface area contributed by atoms with Crippen LogP contribution < -0.4 is 15.8 Å². The Hall–Kier alpha value is -4.29. The second kappa shape index (κ2) is 10.7. The van der Waals surface area contributed by atoms with E-state index in [0.717, 1.165) is 48.8 Å². The largest absolute Gasteiger partial charge is 0.467 e. The third kappa shape index (κ3) is 5.03. The minimum Gasteiger partial charge on any atom is -0.467 e. The normalized spacial score (nSPS) is 15.1. The molecule has 0 spiro atoms. The number of carbonyl (C=O) groups excluding carboxylic acids is 1. The van der Waals surface area contributed by atoms with Crippen LogP contribution in [0.4, 0.5) is 5.69 Å². The first-order valence-corrected chi connectivity index (χ1v) is 14.2. The van der Waals surface area contributed by atoms with Crippen LogP contribution in [0.25, 0.3) is 16.6 Å². The highest BCUT2D eigenvalue weighted by Crippen LogP contribution is 2.25. The van der Waals surface area contributed by atoms with E-state index in [2.05, 4.69) is 30.4 Å². The summed E-state index contributed by atoms with van der Waals surface area (Å²) in [6, 6.07) is 14.9. The number of aryl methyl sites for hydroxylation is 2. The van der Waals surface area contributed by atoms with Crippen LogP contribution in [0.2, 0.25) is 0 Å². The van der Waals surface area contributed by atoms with Crippen molar-refractivity contribution in [1.29, 1.82) is 0 Å². The number of fused-ring (bicyclic) bond motifs is 3. The van der Waals surface area contributed by atoms with Gasteiger partial charge in [-0.05, 0) is 55.8 Å². The van der Waals surface area contributed by atoms with Gasteiger partial charge in [-0.3, -0.25) is 14.5 Å². The lowest BCUT2D eigenvalue weighted by molar-refractivity contribution is -0.122. The summed E-state index contributed by atoms with van der Waals surface area (Å²) in [5.41, 5.74) is 3.38. The Morgan fingerprint density at radius 3 is 2.67 bits per heavy atom. The Bertz CT molecular complexity index is 1790. The SMILES string of the molecule is Cc1ccc(S(=O)c2n[nH]n3c2nc(=O)c2ccc(N4CCN(CC(=O)NCc5ccco5)CC4)cc23)c(C)c1. The zero-order chi connectivity index (χ0) is 27.8. The highest BCUT2D eigenvalue weighted by atomic mass is 32.2. The highest BCUT2D eigenvalue weighted by Gasteiger charge is 2.23. The molecule has 0 radical (unpaired) electrons. The number of hydrogen-bond acceptors (Lipinski definition) is 8. The first kappa shape index (κ1) is 26.0. The van der Waals surface area contributed by atoms with Gasteiger partial charge in [0.1, 0.15) is 16.6 Å². The first-order chi connectivity index (χ1) is 19.4. The fourth-order valence-electron chi connectivity index (χ4n) is 5.05. The number of anilines is 1. The third-order valence-corrected chi connectivity index (χ3v) is 8.65. The van der Waals surface area contributed by atoms with Crippen LogP contribution in [0, 0.1) is 13.8 Å². The molecule has 206 valence electrons. The van der Waals surface area contributed by atoms with Crippen molar-refractivity contribution in [3.63, 3.8) is 0 Å². The molecule has 5 aromatic rings. The molecule has 11 nitrogen and oxygen atoms in total. The van der Waals surface area contributed by atoms with Crippen molar-refractivity contribution >= 4 is 38.9 Å². The number of aromatic amines is 1. The number of benzene rings is 2. The molecule has 1 fully saturated rings. The van der Waals surface area contributed by atoms with E-state index in [9.17, 15) is 13.8 Å². The van der Waals surface area contributed by atoms with Gasteiger partial charge in [0, 0.05) is 36.8 Å². The van der Waals surface area contributed by atoms with Gasteiger partial charge in [0.05, 0.1) is 30.3 Å². The summed E-state index contributed by atoms with van der Waals surface area (Å²) in [5, 5.41) is 10.8. The summed E-state index contributed by atoms with van der Waals surface area (Å²) in [7, 11) is -1.61. The number of nitrogens with zero attached hydrogens (tertiary/aromatic N) is 5. The molecular formula is C28H29N7O4S. The molecule has 1 atom stereocenters. The average molecular weight is 560 g/mol. The second-order valence-electron chi connectivity index (χ2n) is 9.95. The second-order valence-corrected chi connectivity index (χ2v) is 11.3. The quantitative estimate of drug-likeness (QED) is 0.311. The molecule has 1 amide bonds. The first-order valence-electron chi connectivity index (χ1n) is 13.0. The van der Waals surface area contributed by atoms with Gasteiger partial charge >= 0.3 is 0 Å². The molecule has 6 rings (SSSR count). The van der Waals surface area contributed by atoms with Gasteiger partial charge < -0.3 is 14.6 Å². The lowest BCUT2D eigenvalue weighted by atomic mass is 10.2. The number of hydrogen-bond donors (Lipinski definition) is 2. The minimum absolute atomic E-state index is 0.0434. The van der Waals surface area contributed by atoms with Crippen LogP contribution in [-0.4, -0.2) is 67.6 Å². The number of rotatable bonds is 7. The minimum atomic E-state index is -1.61. The number of aromatic nitrogens is 4. The number of nitrogens with one attached hydrogen (secondary N) is 2. The Labute approximate surface area is 232 Å². The smallest absolute Gasteiger partial charge is 0.281 e. The molecule has 1 unspecified atom stereocenters. The number of amides is 1. The van der Waals surface area contributed by atoms with Gasteiger partial charge in [-0.1, -0.05) is 17.7 Å². The number of piperazine rings is 1. The predicted molar refractivity (Wildman–Crippen MR) is 151 cm³/mol. The average Bonchev–Trinajstić information content (AvgIpc) is 3.62. The zero-order valence-electron chi connectivity index (χ0n) is 22.2. The summed E-state index contributed by atoms with van der Waals surface area (Å²) in [5.74, 6) is 0.678. The fourth-order valence-corrected chi connectivity index (χ4v) is 6.23. The van der Waals surface area contributed by atoms with Crippen molar-refractivity contribution in [2.24, 2.45) is 0 Å². The van der Waals surface area contributed by atoms with E-state index in [1.54, 1.807) is 22.9 Å². The van der Waals surface area contributed by atoms with Gasteiger partial charge in [-0.2, -0.15) is 4.98 Å². The summed E-state index contributed by atoms with van der Waals surface area (Å²) in [6.45, 7) is 7.48. The van der Waals surface area contributed by atoms with Gasteiger partial charge in [-0.15, -0.1) is 5.10 Å². The molecule has 1 aliphatic rings. The maximum atomic E-state index is 13.5. The van der Waals surface area contributed by atoms with E-state index in [1.807, 2.05) is 50.2 Å². The van der Waals surface area contributed by atoms with E-state index in [0.29, 0.717) is 28.9 Å². The van der Waals surface area contributed by atoms with Crippen molar-refractivity contribution in [3.05, 3.63) is 82.0 Å². The van der Waals surface area contributed by atoms with E-state index in [1.165, 1.54) is 0 Å². The van der Waals surface area contributed by atoms with E-state index >= 15 is 0 Å². The molecule has 40 heavy (non-hydrogen) atoms. The van der Waals surface area contributed by atoms with Gasteiger partial charge in [-0.25, -0.2) is 13.9 Å². The van der Waals surface area contributed by atoms with Gasteiger partial charge in [0.25, 0.3) is 5.56 Å². The molecule has 1 saturated heterocycles. The van der Waals surface area contributed by atoms with Crippen LogP contribution >= 0.6 is 0 Å². The lowest BCUT2D eigenvalue weighted by Crippen LogP contribution is -2.49. The van der Waals surface area contributed by atoms with Crippen molar-refractivity contribution in [3.8, 4) is 0 Å². The van der Waals surface area contributed by atoms with Crippen LogP contribution in [0.3, 0.4) is 0 Å². The Balaban J connectivity index is 1.20. The van der Waals surface area contributed by atoms with Crippen LogP contribution in [0.1, 0.15) is 16.9 Å². The standard InChI is InChI=1S/C28H29N7O4S/c1-18-5-8-24(19(2)14-18)40(38)28-26-30-27(37)22-7-6-20(15-23(22)35(26)32-31-28)34-11-9-33(10-12-34)17-25(36)29-16-21-4-3-13-39-21/h3-8,13-15,32H,9-12,16-17H2,1-2H3,(H,29,36). The van der Waals surface area contributed by atoms with Crippen LogP contribution in [-0.2, 0) is 22.1 Å². The van der Waals surface area contributed by atoms with Crippen molar-refractivity contribution in [2.45, 2.75) is 30.3 Å². The third-order valence-electron chi connectivity index (χ3n) is 7.17. The van der Waals surface area contributed by atoms with Crippen LogP contribution in [0.5, 0.6) is 0 Å². The lowest BCUT2D eigenvalue weighted by Gasteiger charge is -2.35. The van der Waals surface area contributed by atoms with Crippen molar-refractivity contribution in [1.82, 2.24) is 30.0 Å². The molecule has 4 heterocycles. The van der Waals surface area contributed by atoms with Gasteiger partial charge in [0.2, 0.25) is 5.91 Å². The summed E-state index contributed by atoms with van der Waals surface area (Å²) >= 11 is 0. The Morgan fingerprint density at radius 2 is 1.93 bits per heavy atom. The summed E-state index contributed by atoms with van der Waals surface area (Å²) < 4.78 is 20.3. The topological polar surface area (TPSA) is 129 Å². The number of furan rings is 1. The molecule has 2 N–H and O–H groups in total. The fraction of sp³-hybridized carbons (Fsp3) is 0.286. The maximum absolute atomic E-state index is 13.5. The summed E-state index contributed by atoms with van der Waals surface area (Å²) in [6.07, 6.45) is 1.59. The highest BCUT2D eigenvalue weighted by molar-refractivity contribution is 7.85. The molecular weight excluding hydrogens is 530 g/mol. The van der Waals surface area contributed by atoms with Gasteiger partial charge in [0.15, 0.2) is 10.7 Å². The maximum Gasteiger partial charge on any atom is 0.281 e. The number of carbonyl (C=O) groups is 1. The molecule has 1 aliphatic heterocycles. The van der Waals surface area contributed by atoms with Crippen molar-refractivity contribution < 1.29 is 13.4 Å². The van der Waals surface area contributed by atoms with E-state index in [4.69, 9.17) is 4.42 Å². The molecule has 12 heteroatoms. The molecule has 0 aliphatic carbocycles. The van der Waals surface area contributed by atoms with Crippen LogP contribution in [0.15, 0.2) is 73.9 Å². The zero-order valence-corrected chi connectivity index (χ0v) is 23.0. The summed E-state index contributed by atoms with van der Waals surface area (Å²) in [4.78, 5) is 34.5. The molecule has 0 saturated carbocycles. The Morgan fingerprint density at radius 1 is 1.10 bits per heavy atom. The Kier molecular flexibility index (Phi) is 6.95. The molecule has 2 aromatic carbocycles. The van der Waals surface area contributed by atoms with E-state index in [-0.39, 0.29) is 16.6 Å². The van der Waals surface area contributed by atoms with E-state index < -0.39 is 16.4 Å². The van der Waals surface area contributed by atoms with Crippen molar-refractivity contribution in [2.75, 3.05) is 37.6 Å². The molecule has 3 aromatic heterocycles. The number of H-pyrrole nitrogens is 1.